The van der Waals surface area contributed by atoms with Gasteiger partial charge >= 0.3 is 0 Å². The molecule has 4 rings (SSSR count). The molecule has 1 aromatic heterocycles. The van der Waals surface area contributed by atoms with Gasteiger partial charge in [0.25, 0.3) is 5.91 Å². The molecule has 0 spiro atoms. The molecule has 2 atom stereocenters. The van der Waals surface area contributed by atoms with Gasteiger partial charge in [0.1, 0.15) is 5.82 Å². The highest BCUT2D eigenvalue weighted by Gasteiger charge is 2.25. The number of benzene rings is 1. The molecule has 2 aromatic rings. The predicted octanol–water partition coefficient (Wildman–Crippen LogP) is 3.63. The van der Waals surface area contributed by atoms with Crippen LogP contribution in [0.4, 0.5) is 11.5 Å². The Morgan fingerprint density at radius 2 is 1.94 bits per heavy atom. The number of aromatic nitrogens is 1. The maximum absolute atomic E-state index is 12.7. The van der Waals surface area contributed by atoms with Crippen molar-refractivity contribution in [2.75, 3.05) is 23.8 Å². The number of hydrogen-bond donors (Lipinski definition) is 4. The van der Waals surface area contributed by atoms with E-state index in [1.54, 1.807) is 0 Å². The van der Waals surface area contributed by atoms with Crippen LogP contribution in [0.1, 0.15) is 60.0 Å². The molecule has 172 valence electrons. The van der Waals surface area contributed by atoms with Gasteiger partial charge in [-0.2, -0.15) is 0 Å². The topological polar surface area (TPSA) is 95.5 Å². The zero-order valence-corrected chi connectivity index (χ0v) is 18.8. The van der Waals surface area contributed by atoms with Gasteiger partial charge in [-0.25, -0.2) is 4.98 Å². The van der Waals surface area contributed by atoms with E-state index in [0.29, 0.717) is 18.2 Å². The zero-order valence-electron chi connectivity index (χ0n) is 18.8. The van der Waals surface area contributed by atoms with Crippen LogP contribution in [0.3, 0.4) is 0 Å². The van der Waals surface area contributed by atoms with Gasteiger partial charge in [0.05, 0.1) is 12.1 Å². The van der Waals surface area contributed by atoms with Crippen LogP contribution in [0.25, 0.3) is 0 Å². The monoisotopic (exact) mass is 438 g/mol. The van der Waals surface area contributed by atoms with Gasteiger partial charge in [-0.1, -0.05) is 25.0 Å². The second-order valence-electron chi connectivity index (χ2n) is 8.90. The van der Waals surface area contributed by atoms with E-state index < -0.39 is 6.10 Å². The van der Waals surface area contributed by atoms with E-state index in [1.807, 2.05) is 37.4 Å². The molecule has 0 bridgehead atoms. The number of nitrogens with one attached hydrogen (secondary N) is 3. The Morgan fingerprint density at radius 1 is 1.12 bits per heavy atom. The minimum Gasteiger partial charge on any atom is -0.391 e. The number of aliphatic hydroxyl groups excluding tert-OH is 1. The third kappa shape index (κ3) is 5.99. The maximum atomic E-state index is 12.7. The summed E-state index contributed by atoms with van der Waals surface area (Å²) in [5.74, 6) is 0.754. The molecule has 0 unspecified atom stereocenters. The fourth-order valence-corrected chi connectivity index (χ4v) is 4.35. The summed E-state index contributed by atoms with van der Waals surface area (Å²) in [6.45, 7) is 4.25. The number of aryl methyl sites for hydroxylation is 1. The summed E-state index contributed by atoms with van der Waals surface area (Å²) >= 11 is 0. The molecule has 1 aromatic carbocycles. The molecule has 1 saturated carbocycles. The van der Waals surface area contributed by atoms with Crippen LogP contribution in [-0.4, -0.2) is 47.4 Å². The predicted molar refractivity (Wildman–Crippen MR) is 126 cm³/mol. The average Bonchev–Trinajstić information content (AvgIpc) is 2.81. The van der Waals surface area contributed by atoms with Crippen molar-refractivity contribution in [3.63, 3.8) is 0 Å². The molecule has 0 radical (unpaired) electrons. The van der Waals surface area contributed by atoms with Crippen molar-refractivity contribution in [1.29, 1.82) is 0 Å². The Morgan fingerprint density at radius 3 is 2.69 bits per heavy atom. The van der Waals surface area contributed by atoms with Gasteiger partial charge in [-0.3, -0.25) is 4.79 Å². The number of carbonyl (C=O) groups is 1. The SMILES string of the molecule is Cc1ccc(C(=O)N[C@H]2CCCC[C@@H]2O)cc1NCc1ccc(NC2CCOCC2)nc1. The fraction of sp³-hybridized carbons (Fsp3) is 0.520. The summed E-state index contributed by atoms with van der Waals surface area (Å²) in [4.78, 5) is 17.3. The molecule has 2 fully saturated rings. The van der Waals surface area contributed by atoms with Crippen LogP contribution in [-0.2, 0) is 11.3 Å². The van der Waals surface area contributed by atoms with E-state index >= 15 is 0 Å². The summed E-state index contributed by atoms with van der Waals surface area (Å²) < 4.78 is 5.40. The molecule has 2 aliphatic rings. The smallest absolute Gasteiger partial charge is 0.251 e. The summed E-state index contributed by atoms with van der Waals surface area (Å²) in [5.41, 5.74) is 3.67. The van der Waals surface area contributed by atoms with E-state index in [4.69, 9.17) is 4.74 Å². The Labute approximate surface area is 190 Å². The number of carbonyl (C=O) groups excluding carboxylic acids is 1. The summed E-state index contributed by atoms with van der Waals surface area (Å²) in [6, 6.07) is 10.0. The molecule has 7 nitrogen and oxygen atoms in total. The van der Waals surface area contributed by atoms with Crippen LogP contribution >= 0.6 is 0 Å². The lowest BCUT2D eigenvalue weighted by atomic mass is 9.92. The number of amides is 1. The van der Waals surface area contributed by atoms with Crippen LogP contribution in [0, 0.1) is 6.92 Å². The first-order valence-electron chi connectivity index (χ1n) is 11.7. The molecule has 7 heteroatoms. The van der Waals surface area contributed by atoms with Gasteiger partial charge in [0, 0.05) is 43.2 Å². The highest BCUT2D eigenvalue weighted by atomic mass is 16.5. The number of aliphatic hydroxyl groups is 1. The lowest BCUT2D eigenvalue weighted by Crippen LogP contribution is -2.45. The first-order valence-corrected chi connectivity index (χ1v) is 11.7. The van der Waals surface area contributed by atoms with Crippen molar-refractivity contribution in [3.05, 3.63) is 53.2 Å². The lowest BCUT2D eigenvalue weighted by Gasteiger charge is -2.28. The van der Waals surface area contributed by atoms with E-state index in [9.17, 15) is 9.90 Å². The van der Waals surface area contributed by atoms with Crippen molar-refractivity contribution >= 4 is 17.4 Å². The fourth-order valence-electron chi connectivity index (χ4n) is 4.35. The van der Waals surface area contributed by atoms with Crippen molar-refractivity contribution in [1.82, 2.24) is 10.3 Å². The Bertz CT molecular complexity index is 897. The summed E-state index contributed by atoms with van der Waals surface area (Å²) in [6.07, 6.45) is 7.09. The Hall–Kier alpha value is -2.64. The van der Waals surface area contributed by atoms with Gasteiger partial charge in [0.2, 0.25) is 0 Å². The van der Waals surface area contributed by atoms with Crippen LogP contribution in [0.2, 0.25) is 0 Å². The minimum absolute atomic E-state index is 0.135. The first kappa shape index (κ1) is 22.6. The van der Waals surface area contributed by atoms with Gasteiger partial charge < -0.3 is 25.8 Å². The van der Waals surface area contributed by atoms with Crippen LogP contribution in [0.15, 0.2) is 36.5 Å². The van der Waals surface area contributed by atoms with Crippen molar-refractivity contribution in [2.45, 2.75) is 70.2 Å². The summed E-state index contributed by atoms with van der Waals surface area (Å²) in [5, 5.41) is 20.1. The first-order chi connectivity index (χ1) is 15.6. The third-order valence-corrected chi connectivity index (χ3v) is 6.43. The zero-order chi connectivity index (χ0) is 22.3. The molecule has 1 aliphatic heterocycles. The Balaban J connectivity index is 1.33. The van der Waals surface area contributed by atoms with E-state index in [1.165, 1.54) is 0 Å². The normalized spacial score (nSPS) is 21.7. The number of anilines is 2. The number of nitrogens with zero attached hydrogens (tertiary/aromatic N) is 1. The van der Waals surface area contributed by atoms with E-state index in [0.717, 1.165) is 74.4 Å². The standard InChI is InChI=1S/C25H34N4O3/c1-17-6-8-19(25(31)29-21-4-2-3-5-23(21)30)14-22(17)26-15-18-7-9-24(27-16-18)28-20-10-12-32-13-11-20/h6-9,14,16,20-21,23,26,30H,2-5,10-13,15H2,1H3,(H,27,28)(H,29,31)/t21-,23-/m0/s1. The van der Waals surface area contributed by atoms with Crippen molar-refractivity contribution in [3.8, 4) is 0 Å². The van der Waals surface area contributed by atoms with Crippen molar-refractivity contribution in [2.24, 2.45) is 0 Å². The van der Waals surface area contributed by atoms with E-state index in [-0.39, 0.29) is 11.9 Å². The molecule has 1 aliphatic carbocycles. The second kappa shape index (κ2) is 10.8. The van der Waals surface area contributed by atoms with Crippen LogP contribution in [0.5, 0.6) is 0 Å². The number of pyridine rings is 1. The highest BCUT2D eigenvalue weighted by molar-refractivity contribution is 5.95. The lowest BCUT2D eigenvalue weighted by molar-refractivity contribution is 0.0717. The molecule has 1 amide bonds. The maximum Gasteiger partial charge on any atom is 0.251 e. The third-order valence-electron chi connectivity index (χ3n) is 6.43. The minimum atomic E-state index is -0.452. The number of hydrogen-bond acceptors (Lipinski definition) is 6. The second-order valence-corrected chi connectivity index (χ2v) is 8.90. The number of ether oxygens (including phenoxy) is 1. The molecule has 1 saturated heterocycles. The highest BCUT2D eigenvalue weighted by Crippen LogP contribution is 2.21. The number of rotatable bonds is 7. The summed E-state index contributed by atoms with van der Waals surface area (Å²) in [7, 11) is 0. The van der Waals surface area contributed by atoms with E-state index in [2.05, 4.69) is 27.0 Å². The molecule has 32 heavy (non-hydrogen) atoms. The van der Waals surface area contributed by atoms with Gasteiger partial charge in [-0.15, -0.1) is 0 Å². The van der Waals surface area contributed by atoms with Gasteiger partial charge in [-0.05, 0) is 61.9 Å². The largest absolute Gasteiger partial charge is 0.391 e. The Kier molecular flexibility index (Phi) is 7.60. The van der Waals surface area contributed by atoms with Gasteiger partial charge in [0.15, 0.2) is 0 Å². The molecule has 2 heterocycles. The quantitative estimate of drug-likeness (QED) is 0.527. The molecular weight excluding hydrogens is 404 g/mol. The molecule has 4 N–H and O–H groups in total. The van der Waals surface area contributed by atoms with Crippen molar-refractivity contribution < 1.29 is 14.6 Å². The van der Waals surface area contributed by atoms with Crippen LogP contribution < -0.4 is 16.0 Å². The molecular formula is C25H34N4O3. The average molecular weight is 439 g/mol.